The smallest absolute Gasteiger partial charge is 0.308 e. The molecule has 0 bridgehead atoms. The molecule has 1 unspecified atom stereocenters. The van der Waals surface area contributed by atoms with Gasteiger partial charge in [0.25, 0.3) is 0 Å². The summed E-state index contributed by atoms with van der Waals surface area (Å²) in [5, 5.41) is 12.2. The summed E-state index contributed by atoms with van der Waals surface area (Å²) in [5.41, 5.74) is 0. The first-order chi connectivity index (χ1) is 8.15. The second-order valence-electron chi connectivity index (χ2n) is 3.88. The number of thiophene rings is 1. The largest absolute Gasteiger partial charge is 0.481 e. The Morgan fingerprint density at radius 1 is 1.53 bits per heavy atom. The molecule has 0 aliphatic heterocycles. The third-order valence-electron chi connectivity index (χ3n) is 2.47. The molecule has 0 aliphatic carbocycles. The molecule has 17 heavy (non-hydrogen) atoms. The Balaban J connectivity index is 2.40. The Hall–Kier alpha value is -0.520. The molecule has 1 aromatic rings. The van der Waals surface area contributed by atoms with Crippen LogP contribution in [0.3, 0.4) is 0 Å². The predicted octanol–water partition coefficient (Wildman–Crippen LogP) is 2.61. The minimum Gasteiger partial charge on any atom is -0.481 e. The lowest BCUT2D eigenvalue weighted by Crippen LogP contribution is -2.29. The lowest BCUT2D eigenvalue weighted by atomic mass is 10.2. The van der Waals surface area contributed by atoms with E-state index < -0.39 is 5.97 Å². The first-order valence-corrected chi connectivity index (χ1v) is 7.88. The van der Waals surface area contributed by atoms with Crippen molar-refractivity contribution in [1.82, 2.24) is 5.32 Å². The Morgan fingerprint density at radius 3 is 2.82 bits per heavy atom. The van der Waals surface area contributed by atoms with Gasteiger partial charge in [-0.05, 0) is 24.8 Å². The van der Waals surface area contributed by atoms with E-state index in [1.165, 1.54) is 4.88 Å². The van der Waals surface area contributed by atoms with Crippen molar-refractivity contribution in [3.8, 4) is 0 Å². The Kier molecular flexibility index (Phi) is 6.62. The lowest BCUT2D eigenvalue weighted by Gasteiger charge is -2.14. The molecule has 0 fully saturated rings. The lowest BCUT2D eigenvalue weighted by molar-refractivity contribution is -0.136. The molecular formula is C12H19NO2S2. The van der Waals surface area contributed by atoms with E-state index in [4.69, 9.17) is 5.11 Å². The zero-order valence-electron chi connectivity index (χ0n) is 10.2. The number of carboxylic acid groups (broad SMARTS) is 1. The van der Waals surface area contributed by atoms with Crippen LogP contribution in [0.25, 0.3) is 0 Å². The van der Waals surface area contributed by atoms with Crippen molar-refractivity contribution in [3.05, 3.63) is 21.9 Å². The van der Waals surface area contributed by atoms with Crippen molar-refractivity contribution >= 4 is 29.1 Å². The fraction of sp³-hybridized carbons (Fsp3) is 0.583. The SMILES string of the molecule is CCC(CSC)NCc1ccc(CC(=O)O)s1. The van der Waals surface area contributed by atoms with Gasteiger partial charge in [-0.3, -0.25) is 4.79 Å². The Morgan fingerprint density at radius 2 is 2.24 bits per heavy atom. The minimum absolute atomic E-state index is 0.132. The summed E-state index contributed by atoms with van der Waals surface area (Å²) in [5.74, 6) is 0.351. The van der Waals surface area contributed by atoms with Crippen LogP contribution in [0, 0.1) is 0 Å². The fourth-order valence-electron chi connectivity index (χ4n) is 1.53. The molecule has 1 atom stereocenters. The summed E-state index contributed by atoms with van der Waals surface area (Å²) in [6, 6.07) is 4.46. The molecule has 0 spiro atoms. The molecule has 96 valence electrons. The van der Waals surface area contributed by atoms with Gasteiger partial charge in [0.2, 0.25) is 0 Å². The van der Waals surface area contributed by atoms with Crippen LogP contribution in [0.5, 0.6) is 0 Å². The maximum atomic E-state index is 10.6. The normalized spacial score (nSPS) is 12.6. The van der Waals surface area contributed by atoms with Crippen LogP contribution in [0.15, 0.2) is 12.1 Å². The number of hydrogen-bond acceptors (Lipinski definition) is 4. The van der Waals surface area contributed by atoms with Crippen LogP contribution >= 0.6 is 23.1 Å². The van der Waals surface area contributed by atoms with E-state index in [0.717, 1.165) is 23.6 Å². The van der Waals surface area contributed by atoms with Crippen molar-refractivity contribution in [1.29, 1.82) is 0 Å². The highest BCUT2D eigenvalue weighted by atomic mass is 32.2. The van der Waals surface area contributed by atoms with E-state index in [9.17, 15) is 4.79 Å². The highest BCUT2D eigenvalue weighted by molar-refractivity contribution is 7.98. The van der Waals surface area contributed by atoms with Gasteiger partial charge < -0.3 is 10.4 Å². The van der Waals surface area contributed by atoms with Crippen LogP contribution < -0.4 is 5.32 Å². The van der Waals surface area contributed by atoms with E-state index in [-0.39, 0.29) is 6.42 Å². The molecule has 5 heteroatoms. The maximum Gasteiger partial charge on any atom is 0.308 e. The van der Waals surface area contributed by atoms with Gasteiger partial charge in [0, 0.05) is 28.1 Å². The average molecular weight is 273 g/mol. The molecule has 0 saturated heterocycles. The zero-order chi connectivity index (χ0) is 12.7. The van der Waals surface area contributed by atoms with Crippen LogP contribution in [-0.4, -0.2) is 29.1 Å². The molecule has 0 saturated carbocycles. The summed E-state index contributed by atoms with van der Waals surface area (Å²) in [6.07, 6.45) is 3.36. The van der Waals surface area contributed by atoms with Crippen molar-refractivity contribution in [3.63, 3.8) is 0 Å². The van der Waals surface area contributed by atoms with Crippen LogP contribution in [0.2, 0.25) is 0 Å². The van der Waals surface area contributed by atoms with Crippen LogP contribution in [0.1, 0.15) is 23.1 Å². The number of nitrogens with one attached hydrogen (secondary N) is 1. The highest BCUT2D eigenvalue weighted by Gasteiger charge is 2.07. The Labute approximate surface area is 111 Å². The number of thioether (sulfide) groups is 1. The topological polar surface area (TPSA) is 49.3 Å². The quantitative estimate of drug-likeness (QED) is 0.764. The standard InChI is InChI=1S/C12H19NO2S2/c1-3-9(8-16-2)13-7-11-5-4-10(17-11)6-12(14)15/h4-5,9,13H,3,6-8H2,1-2H3,(H,14,15). The third kappa shape index (κ3) is 5.57. The van der Waals surface area contributed by atoms with E-state index >= 15 is 0 Å². The summed E-state index contributed by atoms with van der Waals surface area (Å²) >= 11 is 3.43. The molecular weight excluding hydrogens is 254 g/mol. The fourth-order valence-corrected chi connectivity index (χ4v) is 3.24. The maximum absolute atomic E-state index is 10.6. The number of aliphatic carboxylic acids is 1. The molecule has 1 aromatic heterocycles. The summed E-state index contributed by atoms with van der Waals surface area (Å²) < 4.78 is 0. The number of hydrogen-bond donors (Lipinski definition) is 2. The van der Waals surface area contributed by atoms with Gasteiger partial charge in [0.15, 0.2) is 0 Å². The van der Waals surface area contributed by atoms with Crippen molar-refractivity contribution in [2.45, 2.75) is 32.4 Å². The summed E-state index contributed by atoms with van der Waals surface area (Å²) in [6.45, 7) is 3.02. The van der Waals surface area contributed by atoms with Crippen LogP contribution in [0.4, 0.5) is 0 Å². The van der Waals surface area contributed by atoms with E-state index in [2.05, 4.69) is 18.5 Å². The molecule has 2 N–H and O–H groups in total. The number of rotatable bonds is 8. The molecule has 0 radical (unpaired) electrons. The average Bonchev–Trinajstić information content (AvgIpc) is 2.71. The Bertz CT molecular complexity index is 352. The van der Waals surface area contributed by atoms with E-state index in [1.807, 2.05) is 23.9 Å². The van der Waals surface area contributed by atoms with Gasteiger partial charge in [-0.25, -0.2) is 0 Å². The summed E-state index contributed by atoms with van der Waals surface area (Å²) in [7, 11) is 0. The summed E-state index contributed by atoms with van der Waals surface area (Å²) in [4.78, 5) is 12.7. The molecule has 1 rings (SSSR count). The number of carbonyl (C=O) groups is 1. The van der Waals surface area contributed by atoms with Gasteiger partial charge >= 0.3 is 5.97 Å². The highest BCUT2D eigenvalue weighted by Crippen LogP contribution is 2.17. The second-order valence-corrected chi connectivity index (χ2v) is 6.04. The van der Waals surface area contributed by atoms with Gasteiger partial charge in [0.05, 0.1) is 6.42 Å². The van der Waals surface area contributed by atoms with E-state index in [0.29, 0.717) is 6.04 Å². The monoisotopic (exact) mass is 273 g/mol. The first kappa shape index (κ1) is 14.5. The van der Waals surface area contributed by atoms with Gasteiger partial charge in [-0.1, -0.05) is 6.92 Å². The van der Waals surface area contributed by atoms with Crippen LogP contribution in [-0.2, 0) is 17.8 Å². The molecule has 0 aromatic carbocycles. The predicted molar refractivity (Wildman–Crippen MR) is 75.0 cm³/mol. The molecule has 0 amide bonds. The second kappa shape index (κ2) is 7.74. The molecule has 3 nitrogen and oxygen atoms in total. The molecule has 1 heterocycles. The molecule has 0 aliphatic rings. The van der Waals surface area contributed by atoms with Gasteiger partial charge in [-0.2, -0.15) is 11.8 Å². The minimum atomic E-state index is -0.764. The zero-order valence-corrected chi connectivity index (χ0v) is 11.9. The van der Waals surface area contributed by atoms with Gasteiger partial charge in [-0.15, -0.1) is 11.3 Å². The van der Waals surface area contributed by atoms with Crippen molar-refractivity contribution in [2.24, 2.45) is 0 Å². The van der Waals surface area contributed by atoms with Crippen molar-refractivity contribution in [2.75, 3.05) is 12.0 Å². The number of carboxylic acids is 1. The third-order valence-corrected chi connectivity index (χ3v) is 4.29. The van der Waals surface area contributed by atoms with E-state index in [1.54, 1.807) is 11.3 Å². The van der Waals surface area contributed by atoms with Crippen molar-refractivity contribution < 1.29 is 9.90 Å². The first-order valence-electron chi connectivity index (χ1n) is 5.67. The van der Waals surface area contributed by atoms with Gasteiger partial charge in [0.1, 0.15) is 0 Å².